The van der Waals surface area contributed by atoms with Gasteiger partial charge in [0.25, 0.3) is 0 Å². The van der Waals surface area contributed by atoms with Crippen molar-refractivity contribution in [2.24, 2.45) is 0 Å². The number of hydrogen-bond acceptors (Lipinski definition) is 6. The third kappa shape index (κ3) is 13.6. The molecule has 0 fully saturated rings. The number of aromatic nitrogens is 1. The summed E-state index contributed by atoms with van der Waals surface area (Å²) in [5.74, 6) is 0.474. The lowest BCUT2D eigenvalue weighted by atomic mass is 10.1. The highest BCUT2D eigenvalue weighted by molar-refractivity contribution is 5.56. The summed E-state index contributed by atoms with van der Waals surface area (Å²) in [4.78, 5) is 36.7. The summed E-state index contributed by atoms with van der Waals surface area (Å²) >= 11 is 0. The molecule has 0 unspecified atom stereocenters. The molecule has 0 radical (unpaired) electrons. The first-order chi connectivity index (χ1) is 15.2. The summed E-state index contributed by atoms with van der Waals surface area (Å²) in [7, 11) is 0. The number of hydrogen-bond donors (Lipinski definition) is 2. The van der Waals surface area contributed by atoms with E-state index in [1.165, 1.54) is 31.7 Å². The number of rotatable bonds is 22. The van der Waals surface area contributed by atoms with Crippen LogP contribution in [0, 0.1) is 10.1 Å². The van der Waals surface area contributed by atoms with Crippen LogP contribution < -0.4 is 5.32 Å². The SMILES string of the molecule is O=CCCCCCCCN(CCCCCCCC=O)CCCNc1[nH]ccc1[N+](=O)[O-]. The van der Waals surface area contributed by atoms with Crippen molar-refractivity contribution in [1.82, 2.24) is 9.88 Å². The van der Waals surface area contributed by atoms with Crippen LogP contribution in [0.15, 0.2) is 12.3 Å². The molecule has 0 spiro atoms. The van der Waals surface area contributed by atoms with E-state index < -0.39 is 0 Å². The molecule has 1 rings (SSSR count). The molecule has 0 bridgehead atoms. The third-order valence-corrected chi connectivity index (χ3v) is 5.47. The van der Waals surface area contributed by atoms with Crippen LogP contribution in [0.3, 0.4) is 0 Å². The zero-order chi connectivity index (χ0) is 22.6. The van der Waals surface area contributed by atoms with Gasteiger partial charge in [0.2, 0.25) is 0 Å². The lowest BCUT2D eigenvalue weighted by Gasteiger charge is -2.22. The van der Waals surface area contributed by atoms with Gasteiger partial charge in [-0.25, -0.2) is 0 Å². The largest absolute Gasteiger partial charge is 0.366 e. The van der Waals surface area contributed by atoms with Gasteiger partial charge >= 0.3 is 5.69 Å². The summed E-state index contributed by atoms with van der Waals surface area (Å²) in [6.07, 6.45) is 17.1. The minimum Gasteiger partial charge on any atom is -0.366 e. The molecule has 1 aromatic rings. The van der Waals surface area contributed by atoms with Gasteiger partial charge in [-0.3, -0.25) is 10.1 Å². The second kappa shape index (κ2) is 18.5. The summed E-state index contributed by atoms with van der Waals surface area (Å²) in [5, 5.41) is 14.1. The highest BCUT2D eigenvalue weighted by atomic mass is 16.6. The molecule has 0 amide bonds. The molecule has 8 heteroatoms. The van der Waals surface area contributed by atoms with Gasteiger partial charge in [-0.05, 0) is 51.7 Å². The first-order valence-corrected chi connectivity index (χ1v) is 11.8. The number of nitrogens with one attached hydrogen (secondary N) is 2. The van der Waals surface area contributed by atoms with Crippen molar-refractivity contribution in [3.8, 4) is 0 Å². The van der Waals surface area contributed by atoms with Crippen LogP contribution in [-0.4, -0.2) is 53.6 Å². The molecule has 8 nitrogen and oxygen atoms in total. The molecule has 0 aliphatic carbocycles. The van der Waals surface area contributed by atoms with E-state index in [1.54, 1.807) is 6.20 Å². The van der Waals surface area contributed by atoms with Crippen LogP contribution in [0.5, 0.6) is 0 Å². The van der Waals surface area contributed by atoms with Crippen molar-refractivity contribution in [1.29, 1.82) is 0 Å². The van der Waals surface area contributed by atoms with Gasteiger partial charge in [0.1, 0.15) is 12.6 Å². The molecule has 2 N–H and O–H groups in total. The Hall–Kier alpha value is -2.22. The molecule has 31 heavy (non-hydrogen) atoms. The van der Waals surface area contributed by atoms with Crippen LogP contribution in [0.4, 0.5) is 11.5 Å². The number of H-pyrrole nitrogens is 1. The molecule has 0 aliphatic rings. The fraction of sp³-hybridized carbons (Fsp3) is 0.739. The van der Waals surface area contributed by atoms with Gasteiger partial charge in [-0.1, -0.05) is 38.5 Å². The van der Waals surface area contributed by atoms with E-state index in [9.17, 15) is 19.7 Å². The van der Waals surface area contributed by atoms with E-state index in [0.717, 1.165) is 77.2 Å². The standard InChI is InChI=1S/C23H40N4O4/c28-20-11-7-3-1-5-9-17-26(18-10-6-2-4-8-12-21-29)19-13-15-24-23-22(27(30)31)14-16-25-23/h14,16,20-21,24-25H,1-13,15,17-19H2. The van der Waals surface area contributed by atoms with E-state index in [1.807, 2.05) is 0 Å². The molecule has 0 aliphatic heterocycles. The van der Waals surface area contributed by atoms with Gasteiger partial charge < -0.3 is 24.8 Å². The Morgan fingerprint density at radius 2 is 1.35 bits per heavy atom. The number of nitro groups is 1. The molecule has 1 heterocycles. The lowest BCUT2D eigenvalue weighted by Crippen LogP contribution is -2.28. The van der Waals surface area contributed by atoms with Gasteiger partial charge in [0.05, 0.1) is 4.92 Å². The topological polar surface area (TPSA) is 108 Å². The Morgan fingerprint density at radius 3 is 1.90 bits per heavy atom. The monoisotopic (exact) mass is 436 g/mol. The van der Waals surface area contributed by atoms with Gasteiger partial charge in [-0.15, -0.1) is 0 Å². The second-order valence-electron chi connectivity index (χ2n) is 8.06. The first-order valence-electron chi connectivity index (χ1n) is 11.8. The third-order valence-electron chi connectivity index (χ3n) is 5.47. The van der Waals surface area contributed by atoms with Gasteiger partial charge in [-0.2, -0.15) is 0 Å². The summed E-state index contributed by atoms with van der Waals surface area (Å²) in [6.45, 7) is 3.80. The number of carbonyl (C=O) groups excluding carboxylic acids is 2. The zero-order valence-electron chi connectivity index (χ0n) is 18.9. The van der Waals surface area contributed by atoms with E-state index in [0.29, 0.717) is 25.2 Å². The van der Waals surface area contributed by atoms with Crippen LogP contribution in [0.2, 0.25) is 0 Å². The summed E-state index contributed by atoms with van der Waals surface area (Å²) in [6, 6.07) is 1.47. The molecule has 0 saturated heterocycles. The maximum Gasteiger partial charge on any atom is 0.310 e. The minimum atomic E-state index is -0.380. The van der Waals surface area contributed by atoms with Crippen LogP contribution in [-0.2, 0) is 9.59 Å². The summed E-state index contributed by atoms with van der Waals surface area (Å²) < 4.78 is 0. The Morgan fingerprint density at radius 1 is 0.839 bits per heavy atom. The average molecular weight is 437 g/mol. The molecular weight excluding hydrogens is 396 g/mol. The smallest absolute Gasteiger partial charge is 0.310 e. The van der Waals surface area contributed by atoms with Crippen molar-refractivity contribution in [2.75, 3.05) is 31.5 Å². The molecule has 0 saturated carbocycles. The fourth-order valence-electron chi connectivity index (χ4n) is 3.69. The van der Waals surface area contributed by atoms with E-state index in [4.69, 9.17) is 0 Å². The van der Waals surface area contributed by atoms with E-state index in [2.05, 4.69) is 15.2 Å². The highest BCUT2D eigenvalue weighted by Gasteiger charge is 2.13. The number of aldehydes is 2. The molecular formula is C23H40N4O4. The minimum absolute atomic E-state index is 0.0843. The predicted octanol–water partition coefficient (Wildman–Crippen LogP) is 5.11. The normalized spacial score (nSPS) is 11.0. The zero-order valence-corrected chi connectivity index (χ0v) is 18.9. The Balaban J connectivity index is 2.27. The second-order valence-corrected chi connectivity index (χ2v) is 8.06. The van der Waals surface area contributed by atoms with Crippen molar-refractivity contribution in [3.63, 3.8) is 0 Å². The quantitative estimate of drug-likeness (QED) is 0.113. The lowest BCUT2D eigenvalue weighted by molar-refractivity contribution is -0.383. The fourth-order valence-corrected chi connectivity index (χ4v) is 3.69. The first kappa shape index (κ1) is 26.8. The summed E-state index contributed by atoms with van der Waals surface area (Å²) in [5.41, 5.74) is 0.0843. The Labute approximate surface area is 186 Å². The number of carbonyl (C=O) groups is 2. The maximum absolute atomic E-state index is 11.0. The van der Waals surface area contributed by atoms with Crippen molar-refractivity contribution in [2.45, 2.75) is 83.5 Å². The van der Waals surface area contributed by atoms with Crippen LogP contribution >= 0.6 is 0 Å². The number of aromatic amines is 1. The predicted molar refractivity (Wildman–Crippen MR) is 125 cm³/mol. The van der Waals surface area contributed by atoms with Crippen molar-refractivity contribution < 1.29 is 14.5 Å². The highest BCUT2D eigenvalue weighted by Crippen LogP contribution is 2.21. The maximum atomic E-state index is 11.0. The van der Waals surface area contributed by atoms with E-state index in [-0.39, 0.29) is 10.6 Å². The number of unbranched alkanes of at least 4 members (excludes halogenated alkanes) is 10. The average Bonchev–Trinajstić information content (AvgIpc) is 3.23. The van der Waals surface area contributed by atoms with Gasteiger partial charge in [0.15, 0.2) is 5.82 Å². The van der Waals surface area contributed by atoms with Crippen molar-refractivity contribution >= 4 is 24.1 Å². The Bertz CT molecular complexity index is 584. The Kier molecular flexibility index (Phi) is 16.0. The number of anilines is 1. The van der Waals surface area contributed by atoms with Crippen LogP contribution in [0.1, 0.15) is 83.5 Å². The molecule has 176 valence electrons. The number of nitrogens with zero attached hydrogens (tertiary/aromatic N) is 2. The van der Waals surface area contributed by atoms with Crippen LogP contribution in [0.25, 0.3) is 0 Å². The molecule has 0 atom stereocenters. The molecule has 0 aromatic carbocycles. The molecule has 1 aromatic heterocycles. The van der Waals surface area contributed by atoms with E-state index >= 15 is 0 Å². The van der Waals surface area contributed by atoms with Crippen molar-refractivity contribution in [3.05, 3.63) is 22.4 Å². The van der Waals surface area contributed by atoms with Gasteiger partial charge in [0, 0.05) is 31.6 Å².